The van der Waals surface area contributed by atoms with E-state index in [2.05, 4.69) is 5.43 Å². The highest BCUT2D eigenvalue weighted by Crippen LogP contribution is 2.23. The minimum atomic E-state index is -4.36. The zero-order valence-electron chi connectivity index (χ0n) is 11.5. The molecule has 10 heteroatoms. The smallest absolute Gasteiger partial charge is 0.265 e. The molecule has 0 amide bonds. The number of nitrogens with two attached hydrogens (primary N) is 2. The minimum Gasteiger partial charge on any atom is -0.328 e. The van der Waals surface area contributed by atoms with Crippen molar-refractivity contribution in [1.29, 1.82) is 0 Å². The van der Waals surface area contributed by atoms with Gasteiger partial charge < -0.3 is 11.2 Å². The van der Waals surface area contributed by atoms with Crippen LogP contribution in [0.2, 0.25) is 0 Å². The molecule has 0 heterocycles. The van der Waals surface area contributed by atoms with Gasteiger partial charge in [0.2, 0.25) is 0 Å². The van der Waals surface area contributed by atoms with Crippen molar-refractivity contribution in [2.45, 2.75) is 24.3 Å². The van der Waals surface area contributed by atoms with Crippen LogP contribution in [-0.4, -0.2) is 38.9 Å². The van der Waals surface area contributed by atoms with Crippen LogP contribution in [-0.2, 0) is 26.4 Å². The third-order valence-electron chi connectivity index (χ3n) is 2.72. The first-order valence-corrected chi connectivity index (χ1v) is 9.34. The Morgan fingerprint density at radius 1 is 1.24 bits per heavy atom. The largest absolute Gasteiger partial charge is 0.328 e. The molecule has 0 bridgehead atoms. The Balaban J connectivity index is 3.24. The molecule has 0 aliphatic rings. The zero-order chi connectivity index (χ0) is 16.3. The van der Waals surface area contributed by atoms with Gasteiger partial charge in [0, 0.05) is 11.7 Å². The van der Waals surface area contributed by atoms with Crippen molar-refractivity contribution in [2.75, 3.05) is 16.9 Å². The molecule has 1 aromatic rings. The molecular weight excluding hydrogens is 318 g/mol. The second-order valence-electron chi connectivity index (χ2n) is 4.75. The first kappa shape index (κ1) is 17.9. The lowest BCUT2D eigenvalue weighted by atomic mass is 10.1. The first-order valence-electron chi connectivity index (χ1n) is 6.08. The summed E-state index contributed by atoms with van der Waals surface area (Å²) >= 11 is 0. The highest BCUT2D eigenvalue weighted by Gasteiger charge is 2.22. The Kier molecular flexibility index (Phi) is 5.70. The Hall–Kier alpha value is -1.20. The molecule has 21 heavy (non-hydrogen) atoms. The third kappa shape index (κ3) is 5.59. The van der Waals surface area contributed by atoms with Crippen LogP contribution in [0, 0.1) is 0 Å². The van der Waals surface area contributed by atoms with E-state index in [1.807, 2.05) is 0 Å². The predicted octanol–water partition coefficient (Wildman–Crippen LogP) is -0.477. The van der Waals surface area contributed by atoms with Crippen LogP contribution in [0.3, 0.4) is 0 Å². The second kappa shape index (κ2) is 6.71. The van der Waals surface area contributed by atoms with Crippen LogP contribution < -0.4 is 17.0 Å². The molecule has 1 rings (SSSR count). The number of nitrogen functional groups attached to an aromatic ring is 1. The van der Waals surface area contributed by atoms with E-state index in [9.17, 15) is 16.8 Å². The second-order valence-corrected chi connectivity index (χ2v) is 8.40. The fourth-order valence-electron chi connectivity index (χ4n) is 1.77. The van der Waals surface area contributed by atoms with Gasteiger partial charge in [-0.2, -0.15) is 8.42 Å². The van der Waals surface area contributed by atoms with Crippen LogP contribution >= 0.6 is 0 Å². The summed E-state index contributed by atoms with van der Waals surface area (Å²) in [5.41, 5.74) is 8.85. The van der Waals surface area contributed by atoms with Crippen molar-refractivity contribution in [2.24, 2.45) is 11.6 Å². The average molecular weight is 337 g/mol. The fraction of sp³-hybridized carbons (Fsp3) is 0.455. The molecule has 0 saturated heterocycles. The highest BCUT2D eigenvalue weighted by molar-refractivity contribution is 7.93. The fourth-order valence-corrected chi connectivity index (χ4v) is 4.57. The van der Waals surface area contributed by atoms with E-state index >= 15 is 0 Å². The molecule has 0 aliphatic carbocycles. The van der Waals surface area contributed by atoms with Gasteiger partial charge >= 0.3 is 0 Å². The molecule has 0 spiro atoms. The summed E-state index contributed by atoms with van der Waals surface area (Å²) in [6, 6.07) is 4.22. The molecule has 1 unspecified atom stereocenters. The number of hydrazine groups is 1. The molecular formula is C11H19N3O5S2. The van der Waals surface area contributed by atoms with E-state index in [1.54, 1.807) is 19.1 Å². The van der Waals surface area contributed by atoms with Gasteiger partial charge in [0.25, 0.3) is 10.1 Å². The van der Waals surface area contributed by atoms with Crippen LogP contribution in [0.1, 0.15) is 12.5 Å². The van der Waals surface area contributed by atoms with Crippen LogP contribution in [0.5, 0.6) is 0 Å². The Bertz CT molecular complexity index is 699. The van der Waals surface area contributed by atoms with Crippen LogP contribution in [0.25, 0.3) is 0 Å². The summed E-state index contributed by atoms with van der Waals surface area (Å²) in [6.07, 6.45) is 0.311. The summed E-state index contributed by atoms with van der Waals surface area (Å²) in [7, 11) is -8.25. The Morgan fingerprint density at radius 3 is 2.33 bits per heavy atom. The SMILES string of the molecule is CC(N)Cc1ccc(NN)cc1S(=O)(=O)CCS(=O)(=O)O. The number of hydrogen-bond donors (Lipinski definition) is 4. The normalized spacial score (nSPS) is 13.9. The molecule has 6 N–H and O–H groups in total. The van der Waals surface area contributed by atoms with Crippen LogP contribution in [0.4, 0.5) is 5.69 Å². The zero-order valence-corrected chi connectivity index (χ0v) is 13.1. The summed E-state index contributed by atoms with van der Waals surface area (Å²) in [6.45, 7) is 1.73. The first-order chi connectivity index (χ1) is 9.55. The molecule has 1 atom stereocenters. The van der Waals surface area contributed by atoms with Gasteiger partial charge in [-0.3, -0.25) is 10.4 Å². The average Bonchev–Trinajstić information content (AvgIpc) is 2.35. The van der Waals surface area contributed by atoms with Crippen molar-refractivity contribution in [3.63, 3.8) is 0 Å². The topological polar surface area (TPSA) is 153 Å². The number of anilines is 1. The van der Waals surface area contributed by atoms with Crippen molar-refractivity contribution in [1.82, 2.24) is 0 Å². The lowest BCUT2D eigenvalue weighted by Crippen LogP contribution is -2.22. The van der Waals surface area contributed by atoms with Gasteiger partial charge in [-0.1, -0.05) is 6.07 Å². The maximum Gasteiger partial charge on any atom is 0.265 e. The molecule has 0 saturated carbocycles. The lowest BCUT2D eigenvalue weighted by Gasteiger charge is -2.14. The number of rotatable bonds is 7. The molecule has 0 aliphatic heterocycles. The van der Waals surface area contributed by atoms with Gasteiger partial charge in [-0.25, -0.2) is 8.42 Å². The van der Waals surface area contributed by atoms with Gasteiger partial charge in [0.15, 0.2) is 9.84 Å². The monoisotopic (exact) mass is 337 g/mol. The minimum absolute atomic E-state index is 0.0427. The molecule has 1 aromatic carbocycles. The van der Waals surface area contributed by atoms with Gasteiger partial charge in [-0.15, -0.1) is 0 Å². The van der Waals surface area contributed by atoms with E-state index in [4.69, 9.17) is 16.1 Å². The predicted molar refractivity (Wildman–Crippen MR) is 80.1 cm³/mol. The quantitative estimate of drug-likeness (QED) is 0.296. The van der Waals surface area contributed by atoms with Crippen molar-refractivity contribution >= 4 is 25.6 Å². The summed E-state index contributed by atoms with van der Waals surface area (Å²) < 4.78 is 54.7. The molecule has 120 valence electrons. The van der Waals surface area contributed by atoms with Gasteiger partial charge in [-0.05, 0) is 31.0 Å². The van der Waals surface area contributed by atoms with E-state index in [1.165, 1.54) is 6.07 Å². The Morgan fingerprint density at radius 2 is 1.86 bits per heavy atom. The van der Waals surface area contributed by atoms with Gasteiger partial charge in [0.1, 0.15) is 0 Å². The summed E-state index contributed by atoms with van der Waals surface area (Å²) in [5, 5.41) is 0. The van der Waals surface area contributed by atoms with Crippen LogP contribution in [0.15, 0.2) is 23.1 Å². The van der Waals surface area contributed by atoms with E-state index in [0.717, 1.165) is 0 Å². The molecule has 0 radical (unpaired) electrons. The maximum absolute atomic E-state index is 12.3. The van der Waals surface area contributed by atoms with E-state index < -0.39 is 31.5 Å². The molecule has 0 fully saturated rings. The lowest BCUT2D eigenvalue weighted by molar-refractivity contribution is 0.484. The highest BCUT2D eigenvalue weighted by atomic mass is 32.2. The summed E-state index contributed by atoms with van der Waals surface area (Å²) in [5.74, 6) is 3.67. The van der Waals surface area contributed by atoms with Gasteiger partial charge in [0.05, 0.1) is 16.4 Å². The van der Waals surface area contributed by atoms with E-state index in [0.29, 0.717) is 17.7 Å². The third-order valence-corrected chi connectivity index (χ3v) is 5.49. The molecule has 0 aromatic heterocycles. The van der Waals surface area contributed by atoms with E-state index in [-0.39, 0.29) is 10.9 Å². The Labute approximate surface area is 124 Å². The van der Waals surface area contributed by atoms with Crippen molar-refractivity contribution in [3.05, 3.63) is 23.8 Å². The summed E-state index contributed by atoms with van der Waals surface area (Å²) in [4.78, 5) is -0.0427. The maximum atomic E-state index is 12.3. The van der Waals surface area contributed by atoms with Crippen molar-refractivity contribution in [3.8, 4) is 0 Å². The number of nitrogens with one attached hydrogen (secondary N) is 1. The van der Waals surface area contributed by atoms with Crippen molar-refractivity contribution < 1.29 is 21.4 Å². The number of hydrogen-bond acceptors (Lipinski definition) is 7. The molecule has 8 nitrogen and oxygen atoms in total. The number of benzene rings is 1. The number of sulfone groups is 1. The standard InChI is InChI=1S/C11H19N3O5S2/c1-8(12)6-9-2-3-10(14-13)7-11(9)20(15,16)4-5-21(17,18)19/h2-3,7-8,14H,4-6,12-13H2,1H3,(H,17,18,19).